The number of aliphatic hydroxyl groups excluding tert-OH is 1. The van der Waals surface area contributed by atoms with E-state index in [1.807, 2.05) is 37.3 Å². The molecular weight excluding hydrogens is 269 g/mol. The normalized spacial score (nSPS) is 15.3. The van der Waals surface area contributed by atoms with Gasteiger partial charge in [0.25, 0.3) is 0 Å². The molecular formula is C14H21F3N2O. The topological polar surface area (TPSA) is 49.5 Å². The van der Waals surface area contributed by atoms with Gasteiger partial charge in [-0.1, -0.05) is 37.3 Å². The highest BCUT2D eigenvalue weighted by Crippen LogP contribution is 2.22. The summed E-state index contributed by atoms with van der Waals surface area (Å²) in [6.45, 7) is 0.669. The Balaban J connectivity index is 2.63. The monoisotopic (exact) mass is 290 g/mol. The number of aliphatic hydroxyl groups is 1. The number of halogens is 3. The molecule has 0 spiro atoms. The summed E-state index contributed by atoms with van der Waals surface area (Å²) in [7, 11) is 0. The van der Waals surface area contributed by atoms with Crippen molar-refractivity contribution in [3.63, 3.8) is 0 Å². The van der Waals surface area contributed by atoms with E-state index in [9.17, 15) is 13.2 Å². The van der Waals surface area contributed by atoms with E-state index < -0.39 is 12.7 Å². The van der Waals surface area contributed by atoms with Crippen LogP contribution in [0.25, 0.3) is 0 Å². The zero-order valence-electron chi connectivity index (χ0n) is 11.5. The third kappa shape index (κ3) is 5.90. The van der Waals surface area contributed by atoms with Crippen molar-refractivity contribution in [1.29, 1.82) is 0 Å². The van der Waals surface area contributed by atoms with Crippen LogP contribution in [0.5, 0.6) is 0 Å². The van der Waals surface area contributed by atoms with Gasteiger partial charge in [-0.2, -0.15) is 13.2 Å². The fourth-order valence-corrected chi connectivity index (χ4v) is 2.15. The van der Waals surface area contributed by atoms with Crippen molar-refractivity contribution in [2.45, 2.75) is 19.1 Å². The molecule has 0 fully saturated rings. The van der Waals surface area contributed by atoms with Crippen LogP contribution in [0.1, 0.15) is 18.5 Å². The molecule has 0 radical (unpaired) electrons. The molecule has 0 bridgehead atoms. The van der Waals surface area contributed by atoms with Crippen LogP contribution in [0.3, 0.4) is 0 Å². The molecule has 1 aromatic carbocycles. The van der Waals surface area contributed by atoms with E-state index in [0.29, 0.717) is 0 Å². The molecule has 2 atom stereocenters. The quantitative estimate of drug-likeness (QED) is 0.809. The molecule has 0 heterocycles. The highest BCUT2D eigenvalue weighted by molar-refractivity contribution is 5.19. The van der Waals surface area contributed by atoms with E-state index in [1.54, 1.807) is 0 Å². The molecule has 3 N–H and O–H groups in total. The smallest absolute Gasteiger partial charge is 0.395 e. The maximum Gasteiger partial charge on any atom is 0.401 e. The number of nitrogens with two attached hydrogens (primary N) is 1. The van der Waals surface area contributed by atoms with Gasteiger partial charge in [0.1, 0.15) is 0 Å². The minimum absolute atomic E-state index is 0.00857. The van der Waals surface area contributed by atoms with Crippen molar-refractivity contribution in [2.24, 2.45) is 11.7 Å². The van der Waals surface area contributed by atoms with E-state index in [0.717, 1.165) is 5.56 Å². The lowest BCUT2D eigenvalue weighted by molar-refractivity contribution is -0.148. The van der Waals surface area contributed by atoms with Crippen molar-refractivity contribution in [3.05, 3.63) is 35.9 Å². The predicted molar refractivity (Wildman–Crippen MR) is 72.1 cm³/mol. The van der Waals surface area contributed by atoms with Crippen LogP contribution in [0.2, 0.25) is 0 Å². The fraction of sp³-hybridized carbons (Fsp3) is 0.571. The highest BCUT2D eigenvalue weighted by atomic mass is 19.4. The van der Waals surface area contributed by atoms with Crippen LogP contribution in [-0.2, 0) is 0 Å². The molecule has 20 heavy (non-hydrogen) atoms. The molecule has 2 unspecified atom stereocenters. The Hall–Kier alpha value is -1.11. The lowest BCUT2D eigenvalue weighted by Crippen LogP contribution is -2.40. The molecule has 0 saturated heterocycles. The van der Waals surface area contributed by atoms with Gasteiger partial charge in [0.15, 0.2) is 0 Å². The first-order valence-electron chi connectivity index (χ1n) is 6.54. The number of hydrogen-bond acceptors (Lipinski definition) is 3. The van der Waals surface area contributed by atoms with Gasteiger partial charge >= 0.3 is 6.18 Å². The number of hydrogen-bond donors (Lipinski definition) is 2. The van der Waals surface area contributed by atoms with Crippen molar-refractivity contribution in [3.8, 4) is 0 Å². The van der Waals surface area contributed by atoms with Crippen molar-refractivity contribution in [2.75, 3.05) is 26.2 Å². The summed E-state index contributed by atoms with van der Waals surface area (Å²) >= 11 is 0. The van der Waals surface area contributed by atoms with Gasteiger partial charge in [-0.05, 0) is 11.5 Å². The van der Waals surface area contributed by atoms with Crippen molar-refractivity contribution in [1.82, 2.24) is 4.90 Å². The fourth-order valence-electron chi connectivity index (χ4n) is 2.15. The Bertz CT molecular complexity index is 384. The Morgan fingerprint density at radius 2 is 1.85 bits per heavy atom. The van der Waals surface area contributed by atoms with Crippen LogP contribution < -0.4 is 5.73 Å². The van der Waals surface area contributed by atoms with Crippen LogP contribution in [0, 0.1) is 5.92 Å². The molecule has 0 amide bonds. The Kier molecular flexibility index (Phi) is 6.45. The summed E-state index contributed by atoms with van der Waals surface area (Å²) in [5.41, 5.74) is 6.98. The predicted octanol–water partition coefficient (Wildman–Crippen LogP) is 2.18. The molecule has 0 aromatic heterocycles. The average Bonchev–Trinajstić information content (AvgIpc) is 2.37. The Morgan fingerprint density at radius 3 is 2.35 bits per heavy atom. The molecule has 114 valence electrons. The van der Waals surface area contributed by atoms with Crippen LogP contribution >= 0.6 is 0 Å². The van der Waals surface area contributed by atoms with E-state index in [4.69, 9.17) is 10.8 Å². The zero-order chi connectivity index (χ0) is 15.2. The van der Waals surface area contributed by atoms with E-state index in [2.05, 4.69) is 0 Å². The summed E-state index contributed by atoms with van der Waals surface area (Å²) in [5, 5.41) is 8.86. The number of alkyl halides is 3. The molecule has 3 nitrogen and oxygen atoms in total. The molecule has 1 aromatic rings. The third-order valence-corrected chi connectivity index (χ3v) is 3.16. The second-order valence-corrected chi connectivity index (χ2v) is 4.99. The molecule has 0 aliphatic rings. The third-order valence-electron chi connectivity index (χ3n) is 3.16. The second kappa shape index (κ2) is 7.61. The molecule has 1 rings (SSSR count). The van der Waals surface area contributed by atoms with Gasteiger partial charge in [-0.25, -0.2) is 0 Å². The van der Waals surface area contributed by atoms with Gasteiger partial charge in [0, 0.05) is 19.1 Å². The Labute approximate surface area is 117 Å². The SMILES string of the molecule is CC(CN(CCO)CC(F)(F)F)C(N)c1ccccc1. The van der Waals surface area contributed by atoms with Crippen molar-refractivity contribution < 1.29 is 18.3 Å². The second-order valence-electron chi connectivity index (χ2n) is 4.99. The summed E-state index contributed by atoms with van der Waals surface area (Å²) in [5.74, 6) is -0.147. The van der Waals surface area contributed by atoms with Crippen LogP contribution in [0.15, 0.2) is 30.3 Å². The van der Waals surface area contributed by atoms with Gasteiger partial charge in [0.05, 0.1) is 13.2 Å². The maximum absolute atomic E-state index is 12.4. The van der Waals surface area contributed by atoms with Crippen LogP contribution in [-0.4, -0.2) is 42.4 Å². The summed E-state index contributed by atoms with van der Waals surface area (Å²) < 4.78 is 37.3. The molecule has 6 heteroatoms. The molecule has 0 aliphatic heterocycles. The molecule has 0 aliphatic carbocycles. The minimum atomic E-state index is -4.27. The average molecular weight is 290 g/mol. The number of nitrogens with zero attached hydrogens (tertiary/aromatic N) is 1. The summed E-state index contributed by atoms with van der Waals surface area (Å²) in [6.07, 6.45) is -4.27. The maximum atomic E-state index is 12.4. The van der Waals surface area contributed by atoms with Gasteiger partial charge in [-0.15, -0.1) is 0 Å². The highest BCUT2D eigenvalue weighted by Gasteiger charge is 2.31. The lowest BCUT2D eigenvalue weighted by atomic mass is 9.95. The van der Waals surface area contributed by atoms with Gasteiger partial charge < -0.3 is 10.8 Å². The van der Waals surface area contributed by atoms with E-state index in [-0.39, 0.29) is 31.7 Å². The minimum Gasteiger partial charge on any atom is -0.395 e. The number of benzene rings is 1. The van der Waals surface area contributed by atoms with Gasteiger partial charge in [0.2, 0.25) is 0 Å². The number of rotatable bonds is 7. The zero-order valence-corrected chi connectivity index (χ0v) is 11.5. The Morgan fingerprint density at radius 1 is 1.25 bits per heavy atom. The first kappa shape index (κ1) is 16.9. The molecule has 0 saturated carbocycles. The van der Waals surface area contributed by atoms with Crippen molar-refractivity contribution >= 4 is 0 Å². The summed E-state index contributed by atoms with van der Waals surface area (Å²) in [4.78, 5) is 1.19. The standard InChI is InChI=1S/C14H21F3N2O/c1-11(13(18)12-5-3-2-4-6-12)9-19(7-8-20)10-14(15,16)17/h2-6,11,13,20H,7-10,18H2,1H3. The lowest BCUT2D eigenvalue weighted by Gasteiger charge is -2.29. The van der Waals surface area contributed by atoms with Gasteiger partial charge in [-0.3, -0.25) is 4.90 Å². The van der Waals surface area contributed by atoms with Crippen LogP contribution in [0.4, 0.5) is 13.2 Å². The van der Waals surface area contributed by atoms with E-state index in [1.165, 1.54) is 4.90 Å². The summed E-state index contributed by atoms with van der Waals surface area (Å²) in [6, 6.07) is 8.96. The first-order chi connectivity index (χ1) is 9.33. The first-order valence-corrected chi connectivity index (χ1v) is 6.54. The van der Waals surface area contributed by atoms with E-state index >= 15 is 0 Å². The largest absolute Gasteiger partial charge is 0.401 e.